The molecular weight excluding hydrogens is 346 g/mol. The number of methoxy groups -OCH3 is 1. The quantitative estimate of drug-likeness (QED) is 0.859. The highest BCUT2D eigenvalue weighted by atomic mass is 35.5. The Morgan fingerprint density at radius 1 is 1.22 bits per heavy atom. The third-order valence-corrected chi connectivity index (χ3v) is 4.69. The van der Waals surface area contributed by atoms with E-state index in [1.54, 1.807) is 0 Å². The Bertz CT molecular complexity index is 978. The van der Waals surface area contributed by atoms with Gasteiger partial charge in [0.05, 0.1) is 12.8 Å². The molecule has 1 heterocycles. The van der Waals surface area contributed by atoms with Crippen LogP contribution < -0.4 is 20.7 Å². The van der Waals surface area contributed by atoms with Gasteiger partial charge in [-0.05, 0) is 18.2 Å². The van der Waals surface area contributed by atoms with E-state index < -0.39 is 26.2 Å². The van der Waals surface area contributed by atoms with Crippen LogP contribution in [0.15, 0.2) is 38.9 Å². The van der Waals surface area contributed by atoms with Crippen LogP contribution in [0.5, 0.6) is 5.75 Å². The standard InChI is InChI=1S/C13H14ClN3O5S/c1-16-7-11(12(18)17(2)13(16)19)23(20,21)15-9-6-8(14)4-5-10(9)22-3/h4-7,15H,1-3H3. The van der Waals surface area contributed by atoms with Gasteiger partial charge in [0.1, 0.15) is 5.75 Å². The van der Waals surface area contributed by atoms with Crippen LogP contribution in [0.1, 0.15) is 0 Å². The fourth-order valence-corrected chi connectivity index (χ4v) is 3.31. The van der Waals surface area contributed by atoms with E-state index in [2.05, 4.69) is 4.72 Å². The van der Waals surface area contributed by atoms with Crippen molar-refractivity contribution in [1.82, 2.24) is 9.13 Å². The van der Waals surface area contributed by atoms with Crippen LogP contribution in [0.4, 0.5) is 5.69 Å². The maximum Gasteiger partial charge on any atom is 0.330 e. The lowest BCUT2D eigenvalue weighted by Crippen LogP contribution is -2.40. The molecule has 1 N–H and O–H groups in total. The topological polar surface area (TPSA) is 99.4 Å². The zero-order valence-electron chi connectivity index (χ0n) is 12.5. The molecule has 2 aromatic rings. The first kappa shape index (κ1) is 17.1. The van der Waals surface area contributed by atoms with E-state index in [4.69, 9.17) is 16.3 Å². The first-order valence-corrected chi connectivity index (χ1v) is 8.16. The molecule has 2 rings (SSSR count). The van der Waals surface area contributed by atoms with E-state index >= 15 is 0 Å². The first-order valence-electron chi connectivity index (χ1n) is 6.30. The molecule has 0 saturated heterocycles. The SMILES string of the molecule is COc1ccc(Cl)cc1NS(=O)(=O)c1cn(C)c(=O)n(C)c1=O. The third-order valence-electron chi connectivity index (χ3n) is 3.11. The predicted molar refractivity (Wildman–Crippen MR) is 85.7 cm³/mol. The molecule has 10 heteroatoms. The van der Waals surface area contributed by atoms with Gasteiger partial charge in [-0.25, -0.2) is 13.2 Å². The van der Waals surface area contributed by atoms with E-state index in [1.165, 1.54) is 39.4 Å². The summed E-state index contributed by atoms with van der Waals surface area (Å²) in [7, 11) is -0.323. The zero-order valence-corrected chi connectivity index (χ0v) is 14.1. The molecule has 23 heavy (non-hydrogen) atoms. The number of halogens is 1. The molecule has 0 unspecified atom stereocenters. The van der Waals surface area contributed by atoms with Crippen molar-refractivity contribution in [2.24, 2.45) is 14.1 Å². The van der Waals surface area contributed by atoms with E-state index in [9.17, 15) is 18.0 Å². The highest BCUT2D eigenvalue weighted by Gasteiger charge is 2.23. The van der Waals surface area contributed by atoms with Crippen LogP contribution in [0.2, 0.25) is 5.02 Å². The van der Waals surface area contributed by atoms with Gasteiger partial charge in [-0.3, -0.25) is 14.1 Å². The Morgan fingerprint density at radius 2 is 1.87 bits per heavy atom. The summed E-state index contributed by atoms with van der Waals surface area (Å²) in [5.41, 5.74) is -1.48. The smallest absolute Gasteiger partial charge is 0.330 e. The summed E-state index contributed by atoms with van der Waals surface area (Å²) in [5.74, 6) is 0.236. The van der Waals surface area contributed by atoms with Gasteiger partial charge in [0.15, 0.2) is 4.90 Å². The summed E-state index contributed by atoms with van der Waals surface area (Å²) in [6.45, 7) is 0. The predicted octanol–water partition coefficient (Wildman–Crippen LogP) is 0.547. The maximum atomic E-state index is 12.5. The van der Waals surface area contributed by atoms with Crippen molar-refractivity contribution >= 4 is 27.3 Å². The van der Waals surface area contributed by atoms with E-state index in [-0.39, 0.29) is 16.5 Å². The van der Waals surface area contributed by atoms with Crippen LogP contribution >= 0.6 is 11.6 Å². The molecule has 0 amide bonds. The number of hydrogen-bond acceptors (Lipinski definition) is 5. The largest absolute Gasteiger partial charge is 0.495 e. The Hall–Kier alpha value is -2.26. The summed E-state index contributed by atoms with van der Waals surface area (Å²) in [5, 5.41) is 0.289. The maximum absolute atomic E-state index is 12.5. The zero-order chi connectivity index (χ0) is 17.4. The van der Waals surface area contributed by atoms with Crippen LogP contribution in [-0.2, 0) is 24.1 Å². The van der Waals surface area contributed by atoms with Gasteiger partial charge >= 0.3 is 5.69 Å². The molecule has 0 bridgehead atoms. The van der Waals surface area contributed by atoms with Crippen molar-refractivity contribution in [3.63, 3.8) is 0 Å². The van der Waals surface area contributed by atoms with Gasteiger partial charge in [0.25, 0.3) is 15.6 Å². The van der Waals surface area contributed by atoms with Crippen LogP contribution in [0.25, 0.3) is 0 Å². The fourth-order valence-electron chi connectivity index (χ4n) is 1.92. The number of aryl methyl sites for hydroxylation is 1. The number of aromatic nitrogens is 2. The number of benzene rings is 1. The van der Waals surface area contributed by atoms with Gasteiger partial charge in [-0.2, -0.15) is 0 Å². The lowest BCUT2D eigenvalue weighted by atomic mass is 10.3. The van der Waals surface area contributed by atoms with Crippen molar-refractivity contribution in [2.45, 2.75) is 4.90 Å². The summed E-state index contributed by atoms with van der Waals surface area (Å²) in [6.07, 6.45) is 0.962. The number of rotatable bonds is 4. The molecule has 0 atom stereocenters. The highest BCUT2D eigenvalue weighted by Crippen LogP contribution is 2.29. The molecular formula is C13H14ClN3O5S. The molecule has 0 aliphatic heterocycles. The molecule has 0 saturated carbocycles. The number of sulfonamides is 1. The van der Waals surface area contributed by atoms with Gasteiger partial charge in [-0.15, -0.1) is 0 Å². The van der Waals surface area contributed by atoms with Crippen molar-refractivity contribution in [3.8, 4) is 5.75 Å². The molecule has 0 aliphatic carbocycles. The van der Waals surface area contributed by atoms with Crippen LogP contribution in [-0.4, -0.2) is 24.7 Å². The van der Waals surface area contributed by atoms with Crippen molar-refractivity contribution in [2.75, 3.05) is 11.8 Å². The number of ether oxygens (including phenoxy) is 1. The molecule has 0 aliphatic rings. The normalized spacial score (nSPS) is 11.3. The monoisotopic (exact) mass is 359 g/mol. The van der Waals surface area contributed by atoms with Crippen molar-refractivity contribution in [3.05, 3.63) is 50.3 Å². The minimum Gasteiger partial charge on any atom is -0.495 e. The number of anilines is 1. The average molecular weight is 360 g/mol. The van der Waals surface area contributed by atoms with Gasteiger partial charge < -0.3 is 9.30 Å². The molecule has 0 fully saturated rings. The van der Waals surface area contributed by atoms with Crippen LogP contribution in [0.3, 0.4) is 0 Å². The molecule has 0 radical (unpaired) electrons. The number of nitrogens with zero attached hydrogens (tertiary/aromatic N) is 2. The second-order valence-electron chi connectivity index (χ2n) is 4.70. The molecule has 1 aromatic heterocycles. The molecule has 8 nitrogen and oxygen atoms in total. The summed E-state index contributed by atoms with van der Waals surface area (Å²) in [4.78, 5) is 23.2. The van der Waals surface area contributed by atoms with Gasteiger partial charge in [0.2, 0.25) is 0 Å². The molecule has 1 aromatic carbocycles. The second-order valence-corrected chi connectivity index (χ2v) is 6.79. The van der Waals surface area contributed by atoms with Gasteiger partial charge in [0, 0.05) is 25.3 Å². The second kappa shape index (κ2) is 6.09. The summed E-state index contributed by atoms with van der Waals surface area (Å²) in [6, 6.07) is 4.37. The molecule has 124 valence electrons. The third kappa shape index (κ3) is 3.25. The van der Waals surface area contributed by atoms with Crippen molar-refractivity contribution in [1.29, 1.82) is 0 Å². The fraction of sp³-hybridized carbons (Fsp3) is 0.231. The minimum atomic E-state index is -4.24. The lowest BCUT2D eigenvalue weighted by molar-refractivity contribution is 0.417. The van der Waals surface area contributed by atoms with Gasteiger partial charge in [-0.1, -0.05) is 11.6 Å². The summed E-state index contributed by atoms with van der Waals surface area (Å²) < 4.78 is 34.0. The highest BCUT2D eigenvalue weighted by molar-refractivity contribution is 7.92. The average Bonchev–Trinajstić information content (AvgIpc) is 2.48. The van der Waals surface area contributed by atoms with Crippen LogP contribution in [0, 0.1) is 0 Å². The molecule has 0 spiro atoms. The van der Waals surface area contributed by atoms with E-state index in [1.807, 2.05) is 0 Å². The van der Waals surface area contributed by atoms with E-state index in [0.29, 0.717) is 4.57 Å². The number of hydrogen-bond donors (Lipinski definition) is 1. The number of nitrogens with one attached hydrogen (secondary N) is 1. The van der Waals surface area contributed by atoms with E-state index in [0.717, 1.165) is 10.8 Å². The Kier molecular flexibility index (Phi) is 4.53. The minimum absolute atomic E-state index is 0.0795. The Balaban J connectivity index is 2.60. The lowest BCUT2D eigenvalue weighted by Gasteiger charge is -2.13. The van der Waals surface area contributed by atoms with Crippen molar-refractivity contribution < 1.29 is 13.2 Å². The summed E-state index contributed by atoms with van der Waals surface area (Å²) >= 11 is 5.85. The Morgan fingerprint density at radius 3 is 2.48 bits per heavy atom. The first-order chi connectivity index (χ1) is 10.7. The Labute approximate surface area is 136 Å².